The molecule has 0 aliphatic carbocycles. The molecular weight excluding hydrogens is 202 g/mol. The summed E-state index contributed by atoms with van der Waals surface area (Å²) < 4.78 is 0. The maximum atomic E-state index is 10.8. The van der Waals surface area contributed by atoms with Crippen LogP contribution in [0.15, 0.2) is 30.3 Å². The van der Waals surface area contributed by atoms with Crippen LogP contribution >= 0.6 is 0 Å². The van der Waals surface area contributed by atoms with Crippen molar-refractivity contribution in [2.24, 2.45) is 5.73 Å². The van der Waals surface area contributed by atoms with Crippen LogP contribution in [0.5, 0.6) is 0 Å². The summed E-state index contributed by atoms with van der Waals surface area (Å²) in [4.78, 5) is 18.2. The first-order valence-electron chi connectivity index (χ1n) is 5.06. The Labute approximate surface area is 93.5 Å². The van der Waals surface area contributed by atoms with E-state index in [1.165, 1.54) is 0 Å². The zero-order valence-electron chi connectivity index (χ0n) is 9.03. The van der Waals surface area contributed by atoms with Gasteiger partial charge in [0.2, 0.25) is 5.91 Å². The number of hydrogen-bond donors (Lipinski definition) is 2. The van der Waals surface area contributed by atoms with Gasteiger partial charge in [0.25, 0.3) is 0 Å². The number of primary amides is 1. The van der Waals surface area contributed by atoms with Gasteiger partial charge in [0.15, 0.2) is 0 Å². The van der Waals surface area contributed by atoms with E-state index in [4.69, 9.17) is 5.73 Å². The van der Waals surface area contributed by atoms with Gasteiger partial charge in [-0.3, -0.25) is 4.79 Å². The zero-order chi connectivity index (χ0) is 11.5. The van der Waals surface area contributed by atoms with E-state index >= 15 is 0 Å². The smallest absolute Gasteiger partial charge is 0.225 e. The average Bonchev–Trinajstić information content (AvgIpc) is 2.60. The lowest BCUT2D eigenvalue weighted by molar-refractivity contribution is -0.117. The van der Waals surface area contributed by atoms with Gasteiger partial charge in [-0.25, -0.2) is 4.98 Å². The van der Waals surface area contributed by atoms with Gasteiger partial charge in [-0.2, -0.15) is 0 Å². The standard InChI is InChI=1S/C12H13N3O/c1-8-12(9-5-3-2-4-6-9)15-11(14-8)7-10(13)16/h2-6H,7H2,1H3,(H2,13,16)(H,14,15). The van der Waals surface area contributed by atoms with Crippen molar-refractivity contribution >= 4 is 5.91 Å². The molecule has 2 aromatic rings. The summed E-state index contributed by atoms with van der Waals surface area (Å²) in [6.07, 6.45) is 0.147. The van der Waals surface area contributed by atoms with Crippen molar-refractivity contribution in [2.45, 2.75) is 13.3 Å². The zero-order valence-corrected chi connectivity index (χ0v) is 9.03. The molecule has 82 valence electrons. The number of nitrogens with zero attached hydrogens (tertiary/aromatic N) is 1. The molecule has 0 unspecified atom stereocenters. The fourth-order valence-electron chi connectivity index (χ4n) is 1.65. The highest BCUT2D eigenvalue weighted by Crippen LogP contribution is 2.20. The van der Waals surface area contributed by atoms with E-state index in [0.29, 0.717) is 5.82 Å². The van der Waals surface area contributed by atoms with E-state index in [-0.39, 0.29) is 12.3 Å². The van der Waals surface area contributed by atoms with Crippen LogP contribution in [-0.2, 0) is 11.2 Å². The number of carbonyl (C=O) groups excluding carboxylic acids is 1. The largest absolute Gasteiger partial charge is 0.369 e. The molecule has 3 N–H and O–H groups in total. The minimum Gasteiger partial charge on any atom is -0.369 e. The van der Waals surface area contributed by atoms with Crippen LogP contribution in [0.1, 0.15) is 11.5 Å². The second kappa shape index (κ2) is 4.18. The van der Waals surface area contributed by atoms with Crippen LogP contribution < -0.4 is 5.73 Å². The number of imidazole rings is 1. The molecular formula is C12H13N3O. The summed E-state index contributed by atoms with van der Waals surface area (Å²) in [5.74, 6) is 0.234. The predicted molar refractivity (Wildman–Crippen MR) is 61.7 cm³/mol. The Morgan fingerprint density at radius 1 is 1.38 bits per heavy atom. The predicted octanol–water partition coefficient (Wildman–Crippen LogP) is 1.41. The summed E-state index contributed by atoms with van der Waals surface area (Å²) in [5.41, 5.74) is 7.98. The van der Waals surface area contributed by atoms with Crippen LogP contribution in [0.25, 0.3) is 11.3 Å². The number of aryl methyl sites for hydroxylation is 1. The lowest BCUT2D eigenvalue weighted by Crippen LogP contribution is -2.14. The van der Waals surface area contributed by atoms with Gasteiger partial charge in [-0.15, -0.1) is 0 Å². The molecule has 1 amide bonds. The minimum absolute atomic E-state index is 0.147. The van der Waals surface area contributed by atoms with Gasteiger partial charge in [-0.1, -0.05) is 30.3 Å². The number of hydrogen-bond acceptors (Lipinski definition) is 2. The number of nitrogens with two attached hydrogens (primary N) is 1. The Bertz CT molecular complexity index is 502. The van der Waals surface area contributed by atoms with Crippen molar-refractivity contribution in [1.82, 2.24) is 9.97 Å². The number of H-pyrrole nitrogens is 1. The van der Waals surface area contributed by atoms with E-state index in [0.717, 1.165) is 17.0 Å². The number of amides is 1. The maximum absolute atomic E-state index is 10.8. The van der Waals surface area contributed by atoms with E-state index in [1.54, 1.807) is 0 Å². The average molecular weight is 215 g/mol. The topological polar surface area (TPSA) is 71.8 Å². The summed E-state index contributed by atoms with van der Waals surface area (Å²) in [7, 11) is 0. The second-order valence-corrected chi connectivity index (χ2v) is 3.67. The molecule has 0 saturated carbocycles. The lowest BCUT2D eigenvalue weighted by atomic mass is 10.1. The fraction of sp³-hybridized carbons (Fsp3) is 0.167. The third kappa shape index (κ3) is 2.11. The van der Waals surface area contributed by atoms with Gasteiger partial charge < -0.3 is 10.7 Å². The lowest BCUT2D eigenvalue weighted by Gasteiger charge is -1.96. The Hall–Kier alpha value is -2.10. The molecule has 16 heavy (non-hydrogen) atoms. The summed E-state index contributed by atoms with van der Waals surface area (Å²) in [6.45, 7) is 1.93. The molecule has 4 heteroatoms. The first-order chi connectivity index (χ1) is 7.66. The molecule has 0 aliphatic rings. The quantitative estimate of drug-likeness (QED) is 0.812. The van der Waals surface area contributed by atoms with Gasteiger partial charge in [0, 0.05) is 11.3 Å². The van der Waals surface area contributed by atoms with Crippen molar-refractivity contribution in [1.29, 1.82) is 0 Å². The summed E-state index contributed by atoms with van der Waals surface area (Å²) in [6, 6.07) is 9.83. The van der Waals surface area contributed by atoms with E-state index in [2.05, 4.69) is 9.97 Å². The van der Waals surface area contributed by atoms with Gasteiger partial charge in [-0.05, 0) is 6.92 Å². The minimum atomic E-state index is -0.381. The molecule has 0 atom stereocenters. The molecule has 1 aromatic heterocycles. The summed E-state index contributed by atoms with van der Waals surface area (Å²) in [5, 5.41) is 0. The number of aromatic nitrogens is 2. The molecule has 0 fully saturated rings. The van der Waals surface area contributed by atoms with Crippen molar-refractivity contribution in [3.63, 3.8) is 0 Å². The van der Waals surface area contributed by atoms with Crippen LogP contribution in [0.4, 0.5) is 0 Å². The van der Waals surface area contributed by atoms with E-state index < -0.39 is 0 Å². The van der Waals surface area contributed by atoms with Gasteiger partial charge in [0.1, 0.15) is 5.82 Å². The van der Waals surface area contributed by atoms with Crippen LogP contribution in [-0.4, -0.2) is 15.9 Å². The number of nitrogens with one attached hydrogen (secondary N) is 1. The number of carbonyl (C=O) groups is 1. The van der Waals surface area contributed by atoms with Crippen molar-refractivity contribution in [3.05, 3.63) is 41.9 Å². The van der Waals surface area contributed by atoms with Crippen molar-refractivity contribution in [3.8, 4) is 11.3 Å². The normalized spacial score (nSPS) is 10.3. The highest BCUT2D eigenvalue weighted by molar-refractivity contribution is 5.76. The second-order valence-electron chi connectivity index (χ2n) is 3.67. The Morgan fingerprint density at radius 2 is 2.06 bits per heavy atom. The third-order valence-electron chi connectivity index (χ3n) is 2.32. The maximum Gasteiger partial charge on any atom is 0.225 e. The molecule has 0 saturated heterocycles. The van der Waals surface area contributed by atoms with Crippen LogP contribution in [0.3, 0.4) is 0 Å². The SMILES string of the molecule is Cc1[nH]c(CC(N)=O)nc1-c1ccccc1. The van der Waals surface area contributed by atoms with Gasteiger partial charge in [0.05, 0.1) is 12.1 Å². The molecule has 1 aromatic carbocycles. The fourth-order valence-corrected chi connectivity index (χ4v) is 1.65. The molecule has 1 heterocycles. The Balaban J connectivity index is 2.36. The number of benzene rings is 1. The van der Waals surface area contributed by atoms with E-state index in [1.807, 2.05) is 37.3 Å². The molecule has 0 spiro atoms. The first kappa shape index (κ1) is 10.4. The summed E-state index contributed by atoms with van der Waals surface area (Å²) >= 11 is 0. The molecule has 0 radical (unpaired) electrons. The number of aromatic amines is 1. The molecule has 2 rings (SSSR count). The first-order valence-corrected chi connectivity index (χ1v) is 5.06. The van der Waals surface area contributed by atoms with Crippen LogP contribution in [0, 0.1) is 6.92 Å². The van der Waals surface area contributed by atoms with E-state index in [9.17, 15) is 4.79 Å². The monoisotopic (exact) mass is 215 g/mol. The Kier molecular flexibility index (Phi) is 2.72. The van der Waals surface area contributed by atoms with Crippen LogP contribution in [0.2, 0.25) is 0 Å². The third-order valence-corrected chi connectivity index (χ3v) is 2.32. The van der Waals surface area contributed by atoms with Crippen molar-refractivity contribution < 1.29 is 4.79 Å². The molecule has 0 bridgehead atoms. The molecule has 0 aliphatic heterocycles. The highest BCUT2D eigenvalue weighted by atomic mass is 16.1. The highest BCUT2D eigenvalue weighted by Gasteiger charge is 2.09. The van der Waals surface area contributed by atoms with Gasteiger partial charge >= 0.3 is 0 Å². The molecule has 4 nitrogen and oxygen atoms in total. The Morgan fingerprint density at radius 3 is 2.69 bits per heavy atom. The number of rotatable bonds is 3. The van der Waals surface area contributed by atoms with Crippen molar-refractivity contribution in [2.75, 3.05) is 0 Å².